The number of hydrogen-bond acceptors (Lipinski definition) is 3. The smallest absolute Gasteiger partial charge is 0.198 e. The van der Waals surface area contributed by atoms with Crippen LogP contribution in [0.2, 0.25) is 0 Å². The lowest BCUT2D eigenvalue weighted by Crippen LogP contribution is -1.98. The second-order valence-electron chi connectivity index (χ2n) is 5.37. The van der Waals surface area contributed by atoms with Gasteiger partial charge in [0.05, 0.1) is 0 Å². The summed E-state index contributed by atoms with van der Waals surface area (Å²) < 4.78 is 6.81. The van der Waals surface area contributed by atoms with Crippen LogP contribution in [0.1, 0.15) is 31.2 Å². The molecule has 0 amide bonds. The molecule has 0 saturated carbocycles. The number of oxazole rings is 1. The molecule has 0 fully saturated rings. The van der Waals surface area contributed by atoms with Crippen LogP contribution in [0.3, 0.4) is 0 Å². The summed E-state index contributed by atoms with van der Waals surface area (Å²) in [6, 6.07) is 14.3. The minimum atomic E-state index is 0.301. The maximum Gasteiger partial charge on any atom is 0.198 e. The van der Waals surface area contributed by atoms with Crippen LogP contribution in [0.4, 0.5) is 5.69 Å². The van der Waals surface area contributed by atoms with Crippen molar-refractivity contribution in [2.75, 3.05) is 5.32 Å². The highest BCUT2D eigenvalue weighted by Crippen LogP contribution is 2.24. The molecule has 4 heteroatoms. The van der Waals surface area contributed by atoms with Gasteiger partial charge in [0.2, 0.25) is 0 Å². The van der Waals surface area contributed by atoms with E-state index >= 15 is 0 Å². The van der Waals surface area contributed by atoms with E-state index < -0.39 is 0 Å². The fourth-order valence-corrected chi connectivity index (χ4v) is 2.60. The molecule has 0 aliphatic carbocycles. The summed E-state index contributed by atoms with van der Waals surface area (Å²) in [7, 11) is 0. The minimum absolute atomic E-state index is 0.301. The Morgan fingerprint density at radius 1 is 1.19 bits per heavy atom. The Morgan fingerprint density at radius 3 is 2.81 bits per heavy atom. The third-order valence-corrected chi connectivity index (χ3v) is 3.78. The zero-order chi connectivity index (χ0) is 14.8. The highest BCUT2D eigenvalue weighted by molar-refractivity contribution is 9.10. The van der Waals surface area contributed by atoms with Crippen molar-refractivity contribution in [3.05, 3.63) is 58.4 Å². The van der Waals surface area contributed by atoms with Gasteiger partial charge in [0.25, 0.3) is 0 Å². The van der Waals surface area contributed by atoms with Crippen molar-refractivity contribution in [2.45, 2.75) is 26.3 Å². The summed E-state index contributed by atoms with van der Waals surface area (Å²) in [6.45, 7) is 4.94. The molecule has 2 aromatic carbocycles. The summed E-state index contributed by atoms with van der Waals surface area (Å²) >= 11 is 3.49. The van der Waals surface area contributed by atoms with Crippen molar-refractivity contribution in [1.82, 2.24) is 4.98 Å². The molecule has 1 heterocycles. The lowest BCUT2D eigenvalue weighted by Gasteiger charge is -2.06. The molecule has 1 aromatic heterocycles. The normalized spacial score (nSPS) is 11.2. The Morgan fingerprint density at radius 2 is 2.05 bits per heavy atom. The Hall–Kier alpha value is -1.81. The Kier molecular flexibility index (Phi) is 3.97. The van der Waals surface area contributed by atoms with Crippen LogP contribution < -0.4 is 5.32 Å². The van der Waals surface area contributed by atoms with Crippen LogP contribution in [0, 0.1) is 0 Å². The molecule has 0 unspecified atom stereocenters. The van der Waals surface area contributed by atoms with Crippen molar-refractivity contribution in [3.63, 3.8) is 0 Å². The van der Waals surface area contributed by atoms with Crippen molar-refractivity contribution >= 4 is 32.7 Å². The largest absolute Gasteiger partial charge is 0.440 e. The van der Waals surface area contributed by atoms with Crippen LogP contribution in [-0.4, -0.2) is 4.98 Å². The minimum Gasteiger partial charge on any atom is -0.440 e. The van der Waals surface area contributed by atoms with Crippen molar-refractivity contribution in [3.8, 4) is 0 Å². The van der Waals surface area contributed by atoms with E-state index in [4.69, 9.17) is 4.42 Å². The van der Waals surface area contributed by atoms with Crippen molar-refractivity contribution in [2.24, 2.45) is 0 Å². The summed E-state index contributed by atoms with van der Waals surface area (Å²) in [6.07, 6.45) is 0. The highest BCUT2D eigenvalue weighted by atomic mass is 79.9. The summed E-state index contributed by atoms with van der Waals surface area (Å²) in [4.78, 5) is 4.53. The lowest BCUT2D eigenvalue weighted by atomic mass is 10.2. The first-order valence-corrected chi connectivity index (χ1v) is 7.80. The number of nitrogens with one attached hydrogen (secondary N) is 1. The number of fused-ring (bicyclic) bond motifs is 1. The molecule has 21 heavy (non-hydrogen) atoms. The second kappa shape index (κ2) is 5.90. The van der Waals surface area contributed by atoms with Gasteiger partial charge >= 0.3 is 0 Å². The number of halogens is 1. The van der Waals surface area contributed by atoms with E-state index in [9.17, 15) is 0 Å². The molecule has 108 valence electrons. The van der Waals surface area contributed by atoms with Gasteiger partial charge in [-0.15, -0.1) is 0 Å². The fourth-order valence-electron chi connectivity index (χ4n) is 2.15. The third-order valence-electron chi connectivity index (χ3n) is 3.28. The Labute approximate surface area is 132 Å². The van der Waals surface area contributed by atoms with Crippen LogP contribution >= 0.6 is 15.9 Å². The van der Waals surface area contributed by atoms with Gasteiger partial charge in [-0.25, -0.2) is 4.98 Å². The van der Waals surface area contributed by atoms with Crippen LogP contribution in [-0.2, 0) is 6.54 Å². The molecule has 0 aliphatic heterocycles. The van der Waals surface area contributed by atoms with E-state index in [-0.39, 0.29) is 0 Å². The molecule has 0 aliphatic rings. The molecule has 0 radical (unpaired) electrons. The van der Waals surface area contributed by atoms with Gasteiger partial charge in [0.15, 0.2) is 11.5 Å². The van der Waals surface area contributed by atoms with Crippen LogP contribution in [0.15, 0.2) is 51.4 Å². The first kappa shape index (κ1) is 14.1. The van der Waals surface area contributed by atoms with E-state index in [1.807, 2.05) is 30.3 Å². The van der Waals surface area contributed by atoms with E-state index in [1.165, 1.54) is 5.56 Å². The van der Waals surface area contributed by atoms with Gasteiger partial charge in [-0.1, -0.05) is 41.9 Å². The summed E-state index contributed by atoms with van der Waals surface area (Å²) in [5, 5.41) is 3.42. The van der Waals surface area contributed by atoms with Gasteiger partial charge in [-0.2, -0.15) is 0 Å². The number of benzene rings is 2. The lowest BCUT2D eigenvalue weighted by molar-refractivity contribution is 0.501. The Balaban J connectivity index is 1.78. The predicted molar refractivity (Wildman–Crippen MR) is 89.6 cm³/mol. The SMILES string of the molecule is CC(C)c1nc2cc(NCc3cccc(Br)c3)ccc2o1. The molecule has 3 rings (SSSR count). The molecule has 0 saturated heterocycles. The zero-order valence-electron chi connectivity index (χ0n) is 12.1. The first-order valence-electron chi connectivity index (χ1n) is 7.00. The number of hydrogen-bond donors (Lipinski definition) is 1. The number of anilines is 1. The molecular formula is C17H17BrN2O. The molecule has 1 N–H and O–H groups in total. The van der Waals surface area contributed by atoms with E-state index in [0.717, 1.165) is 33.7 Å². The second-order valence-corrected chi connectivity index (χ2v) is 6.29. The summed E-state index contributed by atoms with van der Waals surface area (Å²) in [5.41, 5.74) is 4.02. The molecular weight excluding hydrogens is 328 g/mol. The van der Waals surface area contributed by atoms with Gasteiger partial charge in [0, 0.05) is 22.6 Å². The predicted octanol–water partition coefficient (Wildman–Crippen LogP) is 5.33. The van der Waals surface area contributed by atoms with Gasteiger partial charge in [0.1, 0.15) is 5.52 Å². The Bertz CT molecular complexity index is 764. The van der Waals surface area contributed by atoms with Gasteiger partial charge < -0.3 is 9.73 Å². The van der Waals surface area contributed by atoms with E-state index in [0.29, 0.717) is 5.92 Å². The average molecular weight is 345 g/mol. The fraction of sp³-hybridized carbons (Fsp3) is 0.235. The molecule has 0 atom stereocenters. The maximum atomic E-state index is 5.72. The zero-order valence-corrected chi connectivity index (χ0v) is 13.6. The monoisotopic (exact) mass is 344 g/mol. The number of aromatic nitrogens is 1. The molecule has 0 bridgehead atoms. The van der Waals surface area contributed by atoms with Crippen LogP contribution in [0.5, 0.6) is 0 Å². The van der Waals surface area contributed by atoms with E-state index in [2.05, 4.69) is 52.2 Å². The number of rotatable bonds is 4. The van der Waals surface area contributed by atoms with E-state index in [1.54, 1.807) is 0 Å². The van der Waals surface area contributed by atoms with Crippen molar-refractivity contribution < 1.29 is 4.42 Å². The van der Waals surface area contributed by atoms with Gasteiger partial charge in [-0.05, 0) is 35.9 Å². The number of nitrogens with zero attached hydrogens (tertiary/aromatic N) is 1. The van der Waals surface area contributed by atoms with Crippen molar-refractivity contribution in [1.29, 1.82) is 0 Å². The standard InChI is InChI=1S/C17H17BrN2O/c1-11(2)17-20-15-9-14(6-7-16(15)21-17)19-10-12-4-3-5-13(18)8-12/h3-9,11,19H,10H2,1-2H3. The average Bonchev–Trinajstić information content (AvgIpc) is 2.88. The first-order chi connectivity index (χ1) is 10.1. The van der Waals surface area contributed by atoms with Crippen LogP contribution in [0.25, 0.3) is 11.1 Å². The van der Waals surface area contributed by atoms with Gasteiger partial charge in [-0.3, -0.25) is 0 Å². The topological polar surface area (TPSA) is 38.1 Å². The molecule has 3 aromatic rings. The molecule has 3 nitrogen and oxygen atoms in total. The summed E-state index contributed by atoms with van der Waals surface area (Å²) in [5.74, 6) is 1.09. The third kappa shape index (κ3) is 3.27. The maximum absolute atomic E-state index is 5.72. The quantitative estimate of drug-likeness (QED) is 0.695. The molecule has 0 spiro atoms. The highest BCUT2D eigenvalue weighted by Gasteiger charge is 2.09.